The molecule has 0 radical (unpaired) electrons. The van der Waals surface area contributed by atoms with E-state index in [-0.39, 0.29) is 0 Å². The standard InChI is InChI=1S/C15H19N5/c1-12-9-14(16-10-13-5-3-2-4-6-13)7-8-15(12)20-11-17-18-19-20/h2-3,7-9,11,13,16H,4-6,10H2,1H3. The Hall–Kier alpha value is -2.17. The molecular formula is C15H19N5. The van der Waals surface area contributed by atoms with Crippen LogP contribution >= 0.6 is 0 Å². The van der Waals surface area contributed by atoms with E-state index in [9.17, 15) is 0 Å². The lowest BCUT2D eigenvalue weighted by molar-refractivity contribution is 0.504. The second-order valence-corrected chi connectivity index (χ2v) is 5.29. The third kappa shape index (κ3) is 2.87. The molecule has 0 saturated heterocycles. The summed E-state index contributed by atoms with van der Waals surface area (Å²) >= 11 is 0. The van der Waals surface area contributed by atoms with Crippen LogP contribution in [-0.2, 0) is 0 Å². The SMILES string of the molecule is Cc1cc(NCC2CC=CCC2)ccc1-n1cnnn1. The average Bonchev–Trinajstić information content (AvgIpc) is 3.00. The van der Waals surface area contributed by atoms with E-state index in [0.29, 0.717) is 0 Å². The van der Waals surface area contributed by atoms with E-state index in [4.69, 9.17) is 0 Å². The summed E-state index contributed by atoms with van der Waals surface area (Å²) in [6.45, 7) is 3.11. The number of hydrogen-bond donors (Lipinski definition) is 1. The van der Waals surface area contributed by atoms with Gasteiger partial charge in [0.25, 0.3) is 0 Å². The third-order valence-electron chi connectivity index (χ3n) is 3.77. The monoisotopic (exact) mass is 269 g/mol. The number of benzene rings is 1. The lowest BCUT2D eigenvalue weighted by Gasteiger charge is -2.19. The van der Waals surface area contributed by atoms with Gasteiger partial charge >= 0.3 is 0 Å². The molecule has 2 aromatic rings. The van der Waals surface area contributed by atoms with Crippen molar-refractivity contribution in [3.8, 4) is 5.69 Å². The van der Waals surface area contributed by atoms with Crippen molar-refractivity contribution < 1.29 is 0 Å². The summed E-state index contributed by atoms with van der Waals surface area (Å²) in [5.74, 6) is 0.750. The number of aromatic nitrogens is 4. The Bertz CT molecular complexity index is 588. The zero-order valence-electron chi connectivity index (χ0n) is 11.7. The number of nitrogens with one attached hydrogen (secondary N) is 1. The van der Waals surface area contributed by atoms with Crippen molar-refractivity contribution in [2.45, 2.75) is 26.2 Å². The van der Waals surface area contributed by atoms with Gasteiger partial charge in [0.05, 0.1) is 5.69 Å². The summed E-state index contributed by atoms with van der Waals surface area (Å²) < 4.78 is 1.69. The number of tetrazole rings is 1. The summed E-state index contributed by atoms with van der Waals surface area (Å²) in [7, 11) is 0. The Morgan fingerprint density at radius 3 is 3.00 bits per heavy atom. The van der Waals surface area contributed by atoms with Crippen LogP contribution in [0.2, 0.25) is 0 Å². The van der Waals surface area contributed by atoms with Crippen molar-refractivity contribution in [2.75, 3.05) is 11.9 Å². The molecule has 0 spiro atoms. The van der Waals surface area contributed by atoms with E-state index in [1.807, 2.05) is 0 Å². The number of allylic oxidation sites excluding steroid dienone is 2. The van der Waals surface area contributed by atoms with E-state index < -0.39 is 0 Å². The molecule has 20 heavy (non-hydrogen) atoms. The van der Waals surface area contributed by atoms with Crippen molar-refractivity contribution in [2.24, 2.45) is 5.92 Å². The lowest BCUT2D eigenvalue weighted by atomic mass is 9.94. The predicted octanol–water partition coefficient (Wildman–Crippen LogP) is 2.74. The maximum Gasteiger partial charge on any atom is 0.143 e. The van der Waals surface area contributed by atoms with Crippen molar-refractivity contribution in [3.05, 3.63) is 42.2 Å². The van der Waals surface area contributed by atoms with Crippen LogP contribution in [0, 0.1) is 12.8 Å². The van der Waals surface area contributed by atoms with Crippen molar-refractivity contribution in [1.29, 1.82) is 0 Å². The lowest BCUT2D eigenvalue weighted by Crippen LogP contribution is -2.15. The van der Waals surface area contributed by atoms with Crippen LogP contribution in [0.25, 0.3) is 5.69 Å². The number of rotatable bonds is 4. The van der Waals surface area contributed by atoms with Gasteiger partial charge in [0.2, 0.25) is 0 Å². The van der Waals surface area contributed by atoms with Gasteiger partial charge in [0.15, 0.2) is 0 Å². The number of aryl methyl sites for hydroxylation is 1. The average molecular weight is 269 g/mol. The van der Waals surface area contributed by atoms with Gasteiger partial charge in [0, 0.05) is 12.2 Å². The molecule has 1 unspecified atom stereocenters. The van der Waals surface area contributed by atoms with Crippen LogP contribution in [0.1, 0.15) is 24.8 Å². The molecular weight excluding hydrogens is 250 g/mol. The molecule has 1 N–H and O–H groups in total. The molecule has 0 fully saturated rings. The van der Waals surface area contributed by atoms with Gasteiger partial charge in [0.1, 0.15) is 6.33 Å². The number of hydrogen-bond acceptors (Lipinski definition) is 4. The van der Waals surface area contributed by atoms with Crippen molar-refractivity contribution in [1.82, 2.24) is 20.2 Å². The van der Waals surface area contributed by atoms with E-state index in [1.54, 1.807) is 11.0 Å². The molecule has 0 aliphatic heterocycles. The van der Waals surface area contributed by atoms with Gasteiger partial charge in [-0.15, -0.1) is 5.10 Å². The fourth-order valence-electron chi connectivity index (χ4n) is 2.60. The Balaban J connectivity index is 1.66. The Morgan fingerprint density at radius 2 is 2.30 bits per heavy atom. The Kier molecular flexibility index (Phi) is 3.76. The van der Waals surface area contributed by atoms with Crippen LogP contribution in [0.5, 0.6) is 0 Å². The molecule has 5 nitrogen and oxygen atoms in total. The largest absolute Gasteiger partial charge is 0.385 e. The van der Waals surface area contributed by atoms with E-state index in [0.717, 1.165) is 29.4 Å². The zero-order chi connectivity index (χ0) is 13.8. The van der Waals surface area contributed by atoms with E-state index in [2.05, 4.69) is 58.1 Å². The highest BCUT2D eigenvalue weighted by molar-refractivity contribution is 5.53. The van der Waals surface area contributed by atoms with Crippen LogP contribution in [0.3, 0.4) is 0 Å². The first-order valence-corrected chi connectivity index (χ1v) is 7.06. The highest BCUT2D eigenvalue weighted by Gasteiger charge is 2.10. The fraction of sp³-hybridized carbons (Fsp3) is 0.400. The minimum absolute atomic E-state index is 0.750. The van der Waals surface area contributed by atoms with Gasteiger partial charge in [-0.05, 0) is 66.3 Å². The molecule has 0 saturated carbocycles. The number of anilines is 1. The summed E-state index contributed by atoms with van der Waals surface area (Å²) in [6, 6.07) is 6.28. The Labute approximate surface area is 118 Å². The fourth-order valence-corrected chi connectivity index (χ4v) is 2.60. The minimum atomic E-state index is 0.750. The number of nitrogens with zero attached hydrogens (tertiary/aromatic N) is 4. The Morgan fingerprint density at radius 1 is 1.35 bits per heavy atom. The molecule has 1 heterocycles. The molecule has 1 atom stereocenters. The van der Waals surface area contributed by atoms with Crippen LogP contribution < -0.4 is 5.32 Å². The normalized spacial score (nSPS) is 18.1. The minimum Gasteiger partial charge on any atom is -0.385 e. The highest BCUT2D eigenvalue weighted by Crippen LogP contribution is 2.21. The first-order chi connectivity index (χ1) is 9.83. The van der Waals surface area contributed by atoms with Gasteiger partial charge in [-0.3, -0.25) is 0 Å². The molecule has 0 amide bonds. The van der Waals surface area contributed by atoms with Crippen molar-refractivity contribution in [3.63, 3.8) is 0 Å². The maximum absolute atomic E-state index is 3.92. The van der Waals surface area contributed by atoms with Gasteiger partial charge in [-0.2, -0.15) is 0 Å². The quantitative estimate of drug-likeness (QED) is 0.867. The summed E-state index contributed by atoms with van der Waals surface area (Å²) in [6.07, 6.45) is 9.87. The topological polar surface area (TPSA) is 55.6 Å². The molecule has 3 rings (SSSR count). The van der Waals surface area contributed by atoms with E-state index >= 15 is 0 Å². The molecule has 0 bridgehead atoms. The van der Waals surface area contributed by atoms with Gasteiger partial charge in [-0.1, -0.05) is 12.2 Å². The molecule has 1 aromatic carbocycles. The molecule has 1 aliphatic rings. The predicted molar refractivity (Wildman–Crippen MR) is 78.9 cm³/mol. The highest BCUT2D eigenvalue weighted by atomic mass is 15.5. The van der Waals surface area contributed by atoms with Gasteiger partial charge in [-0.25, -0.2) is 4.68 Å². The van der Waals surface area contributed by atoms with Gasteiger partial charge < -0.3 is 5.32 Å². The van der Waals surface area contributed by atoms with Crippen LogP contribution in [0.4, 0.5) is 5.69 Å². The van der Waals surface area contributed by atoms with Crippen LogP contribution in [-0.4, -0.2) is 26.8 Å². The second-order valence-electron chi connectivity index (χ2n) is 5.29. The summed E-state index contributed by atoms with van der Waals surface area (Å²) in [5, 5.41) is 14.8. The molecule has 1 aliphatic carbocycles. The smallest absolute Gasteiger partial charge is 0.143 e. The second kappa shape index (κ2) is 5.86. The zero-order valence-corrected chi connectivity index (χ0v) is 11.7. The van der Waals surface area contributed by atoms with E-state index in [1.165, 1.54) is 19.3 Å². The first-order valence-electron chi connectivity index (χ1n) is 7.06. The molecule has 104 valence electrons. The maximum atomic E-state index is 3.92. The summed E-state index contributed by atoms with van der Waals surface area (Å²) in [4.78, 5) is 0. The molecule has 1 aromatic heterocycles. The molecule has 5 heteroatoms. The summed E-state index contributed by atoms with van der Waals surface area (Å²) in [5.41, 5.74) is 3.33. The first kappa shape index (κ1) is 12.8. The third-order valence-corrected chi connectivity index (χ3v) is 3.77. The van der Waals surface area contributed by atoms with Crippen molar-refractivity contribution >= 4 is 5.69 Å². The van der Waals surface area contributed by atoms with Crippen LogP contribution in [0.15, 0.2) is 36.7 Å².